The maximum atomic E-state index is 6.04. The zero-order valence-electron chi connectivity index (χ0n) is 13.3. The van der Waals surface area contributed by atoms with Crippen molar-refractivity contribution >= 4 is 0 Å². The van der Waals surface area contributed by atoms with E-state index in [0.717, 1.165) is 6.54 Å². The maximum Gasteiger partial charge on any atom is 0.0538 e. The van der Waals surface area contributed by atoms with Crippen LogP contribution in [0.5, 0.6) is 0 Å². The van der Waals surface area contributed by atoms with Gasteiger partial charge in [0.25, 0.3) is 0 Å². The molecule has 20 heavy (non-hydrogen) atoms. The van der Waals surface area contributed by atoms with Gasteiger partial charge in [0.05, 0.1) is 12.2 Å². The number of nitrogens with two attached hydrogens (primary N) is 1. The van der Waals surface area contributed by atoms with E-state index >= 15 is 0 Å². The molecule has 1 aromatic rings. The Balaban J connectivity index is 2.09. The van der Waals surface area contributed by atoms with Gasteiger partial charge in [0.15, 0.2) is 0 Å². The Bertz CT molecular complexity index is 414. The van der Waals surface area contributed by atoms with Crippen LogP contribution in [0, 0.1) is 0 Å². The van der Waals surface area contributed by atoms with Crippen molar-refractivity contribution in [2.75, 3.05) is 33.7 Å². The third kappa shape index (κ3) is 3.40. The summed E-state index contributed by atoms with van der Waals surface area (Å²) in [5.74, 6) is 0. The molecule has 5 nitrogen and oxygen atoms in total. The van der Waals surface area contributed by atoms with E-state index < -0.39 is 0 Å². The molecule has 114 valence electrons. The molecule has 0 aliphatic carbocycles. The summed E-state index contributed by atoms with van der Waals surface area (Å²) >= 11 is 0. The number of likely N-dealkylation sites (N-methyl/N-ethyl adjacent to an activating group) is 2. The minimum atomic E-state index is 0.263. The minimum Gasteiger partial charge on any atom is -0.329 e. The Hall–Kier alpha value is -0.910. The normalized spacial score (nSPS) is 22.6. The van der Waals surface area contributed by atoms with E-state index in [1.807, 2.05) is 10.9 Å². The molecule has 0 amide bonds. The van der Waals surface area contributed by atoms with Crippen molar-refractivity contribution in [3.05, 3.63) is 18.0 Å². The van der Waals surface area contributed by atoms with Gasteiger partial charge in [-0.3, -0.25) is 9.58 Å². The number of aromatic nitrogens is 2. The molecule has 1 fully saturated rings. The highest BCUT2D eigenvalue weighted by atomic mass is 15.3. The van der Waals surface area contributed by atoms with Gasteiger partial charge in [0.2, 0.25) is 0 Å². The van der Waals surface area contributed by atoms with Gasteiger partial charge in [0.1, 0.15) is 0 Å². The summed E-state index contributed by atoms with van der Waals surface area (Å²) in [5, 5.41) is 4.45. The third-order valence-corrected chi connectivity index (χ3v) is 4.43. The van der Waals surface area contributed by atoms with Crippen molar-refractivity contribution in [2.45, 2.75) is 44.8 Å². The summed E-state index contributed by atoms with van der Waals surface area (Å²) < 4.78 is 2.01. The van der Waals surface area contributed by atoms with Crippen LogP contribution in [0.3, 0.4) is 0 Å². The lowest BCUT2D eigenvalue weighted by Crippen LogP contribution is -2.47. The second-order valence-electron chi connectivity index (χ2n) is 6.32. The number of hydrogen-bond donors (Lipinski definition) is 1. The summed E-state index contributed by atoms with van der Waals surface area (Å²) in [6.45, 7) is 7.27. The quantitative estimate of drug-likeness (QED) is 0.887. The van der Waals surface area contributed by atoms with Gasteiger partial charge in [-0.25, -0.2) is 0 Å². The largest absolute Gasteiger partial charge is 0.329 e. The van der Waals surface area contributed by atoms with Crippen LogP contribution in [0.15, 0.2) is 12.4 Å². The molecule has 2 atom stereocenters. The van der Waals surface area contributed by atoms with E-state index in [1.165, 1.54) is 24.9 Å². The molecular formula is C15H29N5. The predicted molar refractivity (Wildman–Crippen MR) is 82.7 cm³/mol. The summed E-state index contributed by atoms with van der Waals surface area (Å²) in [4.78, 5) is 4.85. The third-order valence-electron chi connectivity index (χ3n) is 4.43. The molecule has 1 aliphatic rings. The standard InChI is InChI=1S/C15H29N5/c1-12(2)20-10-13(9-17-20)15(8-16)19(4)14-6-5-7-18(3)11-14/h9-10,12,14-15H,5-8,11,16H2,1-4H3. The minimum absolute atomic E-state index is 0.263. The molecule has 1 aromatic heterocycles. The lowest BCUT2D eigenvalue weighted by Gasteiger charge is -2.39. The number of piperidine rings is 1. The van der Waals surface area contributed by atoms with Crippen LogP contribution in [0.2, 0.25) is 0 Å². The number of hydrogen-bond acceptors (Lipinski definition) is 4. The molecule has 0 saturated carbocycles. The van der Waals surface area contributed by atoms with Crippen molar-refractivity contribution in [2.24, 2.45) is 5.73 Å². The van der Waals surface area contributed by atoms with Crippen molar-refractivity contribution in [3.8, 4) is 0 Å². The molecule has 0 bridgehead atoms. The summed E-state index contributed by atoms with van der Waals surface area (Å²) in [6, 6.07) is 1.25. The molecule has 2 N–H and O–H groups in total. The summed E-state index contributed by atoms with van der Waals surface area (Å²) in [7, 11) is 4.41. The van der Waals surface area contributed by atoms with Crippen LogP contribution < -0.4 is 5.73 Å². The van der Waals surface area contributed by atoms with E-state index in [4.69, 9.17) is 5.73 Å². The second kappa shape index (κ2) is 6.70. The average molecular weight is 279 g/mol. The highest BCUT2D eigenvalue weighted by molar-refractivity contribution is 5.12. The lowest BCUT2D eigenvalue weighted by molar-refractivity contribution is 0.101. The van der Waals surface area contributed by atoms with Crippen LogP contribution in [-0.2, 0) is 0 Å². The molecule has 0 aromatic carbocycles. The number of rotatable bonds is 5. The van der Waals surface area contributed by atoms with Crippen molar-refractivity contribution in [3.63, 3.8) is 0 Å². The second-order valence-corrected chi connectivity index (χ2v) is 6.32. The Morgan fingerprint density at radius 3 is 2.80 bits per heavy atom. The Morgan fingerprint density at radius 1 is 1.50 bits per heavy atom. The maximum absolute atomic E-state index is 6.04. The number of likely N-dealkylation sites (tertiary alicyclic amines) is 1. The first-order valence-electron chi connectivity index (χ1n) is 7.67. The highest BCUT2D eigenvalue weighted by Crippen LogP contribution is 2.24. The zero-order valence-corrected chi connectivity index (χ0v) is 13.3. The average Bonchev–Trinajstić information content (AvgIpc) is 2.89. The van der Waals surface area contributed by atoms with Crippen LogP contribution in [0.4, 0.5) is 0 Å². The topological polar surface area (TPSA) is 50.3 Å². The molecule has 5 heteroatoms. The van der Waals surface area contributed by atoms with Crippen LogP contribution in [-0.4, -0.2) is 59.4 Å². The molecule has 0 spiro atoms. The highest BCUT2D eigenvalue weighted by Gasteiger charge is 2.27. The van der Waals surface area contributed by atoms with Crippen molar-refractivity contribution in [1.82, 2.24) is 19.6 Å². The van der Waals surface area contributed by atoms with Gasteiger partial charge in [-0.15, -0.1) is 0 Å². The Morgan fingerprint density at radius 2 is 2.25 bits per heavy atom. The van der Waals surface area contributed by atoms with Crippen LogP contribution in [0.1, 0.15) is 44.3 Å². The van der Waals surface area contributed by atoms with E-state index in [-0.39, 0.29) is 6.04 Å². The monoisotopic (exact) mass is 279 g/mol. The van der Waals surface area contributed by atoms with Gasteiger partial charge >= 0.3 is 0 Å². The molecule has 1 saturated heterocycles. The first-order chi connectivity index (χ1) is 9.52. The predicted octanol–water partition coefficient (Wildman–Crippen LogP) is 1.49. The molecule has 2 rings (SSSR count). The molecule has 2 unspecified atom stereocenters. The van der Waals surface area contributed by atoms with E-state index in [0.29, 0.717) is 18.6 Å². The molecule has 0 radical (unpaired) electrons. The molecular weight excluding hydrogens is 250 g/mol. The van der Waals surface area contributed by atoms with Crippen molar-refractivity contribution in [1.29, 1.82) is 0 Å². The van der Waals surface area contributed by atoms with E-state index in [1.54, 1.807) is 0 Å². The first-order valence-corrected chi connectivity index (χ1v) is 7.67. The zero-order chi connectivity index (χ0) is 14.7. The summed E-state index contributed by atoms with van der Waals surface area (Å²) in [5.41, 5.74) is 7.27. The fourth-order valence-electron chi connectivity index (χ4n) is 3.07. The van der Waals surface area contributed by atoms with Gasteiger partial charge < -0.3 is 10.6 Å². The molecule has 2 heterocycles. The fraction of sp³-hybridized carbons (Fsp3) is 0.800. The Kier molecular flexibility index (Phi) is 5.18. The smallest absolute Gasteiger partial charge is 0.0538 e. The van der Waals surface area contributed by atoms with Gasteiger partial charge in [-0.2, -0.15) is 5.10 Å². The van der Waals surface area contributed by atoms with E-state index in [9.17, 15) is 0 Å². The molecule has 1 aliphatic heterocycles. The Labute approximate surface area is 122 Å². The number of nitrogens with zero attached hydrogens (tertiary/aromatic N) is 4. The van der Waals surface area contributed by atoms with Gasteiger partial charge in [-0.1, -0.05) is 0 Å². The fourth-order valence-corrected chi connectivity index (χ4v) is 3.07. The summed E-state index contributed by atoms with van der Waals surface area (Å²) in [6.07, 6.45) is 6.65. The van der Waals surface area contributed by atoms with Crippen LogP contribution >= 0.6 is 0 Å². The van der Waals surface area contributed by atoms with Crippen LogP contribution in [0.25, 0.3) is 0 Å². The van der Waals surface area contributed by atoms with Crippen molar-refractivity contribution < 1.29 is 0 Å². The first kappa shape index (κ1) is 15.5. The van der Waals surface area contributed by atoms with Gasteiger partial charge in [0, 0.05) is 36.9 Å². The van der Waals surface area contributed by atoms with Gasteiger partial charge in [-0.05, 0) is 47.3 Å². The van der Waals surface area contributed by atoms with E-state index in [2.05, 4.69) is 49.0 Å². The SMILES string of the molecule is CC(C)n1cc(C(CN)N(C)C2CCCN(C)C2)cn1. The lowest BCUT2D eigenvalue weighted by atomic mass is 10.0.